The third-order valence-electron chi connectivity index (χ3n) is 5.91. The molecule has 0 saturated heterocycles. The Morgan fingerprint density at radius 3 is 2.39 bits per heavy atom. The third kappa shape index (κ3) is 6.65. The van der Waals surface area contributed by atoms with Crippen LogP contribution in [0.4, 0.5) is 0 Å². The number of rotatable bonds is 8. The largest absolute Gasteiger partial charge is 0.478 e. The van der Waals surface area contributed by atoms with Crippen molar-refractivity contribution >= 4 is 28.6 Å². The molecule has 0 unspecified atom stereocenters. The molecule has 0 amide bonds. The van der Waals surface area contributed by atoms with Gasteiger partial charge in [0.1, 0.15) is 0 Å². The molecule has 1 aliphatic carbocycles. The number of carboxylic acids is 2. The Morgan fingerprint density at radius 1 is 1.12 bits per heavy atom. The SMILES string of the molecule is Cc1[nH]cnc1CCC(=O)c1cn(CC2CCCC2)c2ccccc12.O=C(O)C=CC(=O)O. The van der Waals surface area contributed by atoms with Crippen molar-refractivity contribution in [1.82, 2.24) is 14.5 Å². The van der Waals surface area contributed by atoms with Crippen LogP contribution in [-0.4, -0.2) is 42.5 Å². The number of hydrogen-bond donors (Lipinski definition) is 3. The van der Waals surface area contributed by atoms with E-state index in [9.17, 15) is 14.4 Å². The molecule has 1 aliphatic rings. The summed E-state index contributed by atoms with van der Waals surface area (Å²) in [5.74, 6) is -1.55. The van der Waals surface area contributed by atoms with Crippen LogP contribution in [0.5, 0.6) is 0 Å². The lowest BCUT2D eigenvalue weighted by atomic mass is 10.0. The van der Waals surface area contributed by atoms with Crippen molar-refractivity contribution in [3.8, 4) is 0 Å². The molecule has 1 saturated carbocycles. The summed E-state index contributed by atoms with van der Waals surface area (Å²) < 4.78 is 2.30. The molecule has 3 aromatic rings. The summed E-state index contributed by atoms with van der Waals surface area (Å²) in [6.45, 7) is 3.03. The first kappa shape index (κ1) is 24.0. The average Bonchev–Trinajstić information content (AvgIpc) is 3.53. The van der Waals surface area contributed by atoms with Gasteiger partial charge in [0.15, 0.2) is 5.78 Å². The molecule has 2 aromatic heterocycles. The van der Waals surface area contributed by atoms with Gasteiger partial charge in [-0.3, -0.25) is 4.79 Å². The van der Waals surface area contributed by atoms with Crippen LogP contribution in [0.15, 0.2) is 48.9 Å². The monoisotopic (exact) mass is 451 g/mol. The van der Waals surface area contributed by atoms with Crippen LogP contribution in [0, 0.1) is 12.8 Å². The van der Waals surface area contributed by atoms with Crippen LogP contribution in [-0.2, 0) is 22.6 Å². The molecule has 33 heavy (non-hydrogen) atoms. The lowest BCUT2D eigenvalue weighted by molar-refractivity contribution is -0.134. The van der Waals surface area contributed by atoms with Crippen LogP contribution < -0.4 is 0 Å². The fraction of sp³-hybridized carbons (Fsp3) is 0.360. The molecule has 1 fully saturated rings. The van der Waals surface area contributed by atoms with Crippen LogP contribution >= 0.6 is 0 Å². The molecule has 174 valence electrons. The summed E-state index contributed by atoms with van der Waals surface area (Å²) in [5, 5.41) is 16.7. The summed E-state index contributed by atoms with van der Waals surface area (Å²) >= 11 is 0. The first-order valence-electron chi connectivity index (χ1n) is 11.1. The number of nitrogens with one attached hydrogen (secondary N) is 1. The number of hydrogen-bond acceptors (Lipinski definition) is 4. The standard InChI is InChI=1S/C21H25N3O.C4H4O4/c1-15-19(23-14-22-15)10-11-21(25)18-13-24(12-16-6-2-3-7-16)20-9-5-4-8-17(18)20;5-3(6)1-2-4(7)8/h4-5,8-9,13-14,16H,2-3,6-7,10-12H2,1H3,(H,22,23);1-2H,(H,5,6)(H,7,8). The summed E-state index contributed by atoms with van der Waals surface area (Å²) in [5.41, 5.74) is 4.09. The van der Waals surface area contributed by atoms with E-state index in [0.717, 1.165) is 34.8 Å². The molecule has 0 radical (unpaired) electrons. The number of Topliss-reactive ketones (excluding diaryl/α,β-unsaturated/α-hetero) is 1. The third-order valence-corrected chi connectivity index (χ3v) is 5.91. The predicted molar refractivity (Wildman–Crippen MR) is 124 cm³/mol. The van der Waals surface area contributed by atoms with Gasteiger partial charge < -0.3 is 19.8 Å². The van der Waals surface area contributed by atoms with Gasteiger partial charge in [-0.1, -0.05) is 31.0 Å². The van der Waals surface area contributed by atoms with Crippen LogP contribution in [0.1, 0.15) is 53.8 Å². The van der Waals surface area contributed by atoms with Crippen LogP contribution in [0.2, 0.25) is 0 Å². The van der Waals surface area contributed by atoms with E-state index in [1.807, 2.05) is 13.0 Å². The van der Waals surface area contributed by atoms with E-state index in [2.05, 4.69) is 38.9 Å². The smallest absolute Gasteiger partial charge is 0.328 e. The molecule has 3 N–H and O–H groups in total. The van der Waals surface area contributed by atoms with Crippen LogP contribution in [0.3, 0.4) is 0 Å². The van der Waals surface area contributed by atoms with E-state index in [0.29, 0.717) is 25.0 Å². The van der Waals surface area contributed by atoms with Crippen molar-refractivity contribution in [2.24, 2.45) is 5.92 Å². The van der Waals surface area contributed by atoms with Crippen molar-refractivity contribution in [3.63, 3.8) is 0 Å². The van der Waals surface area contributed by atoms with Crippen molar-refractivity contribution in [2.45, 2.75) is 52.0 Å². The first-order valence-corrected chi connectivity index (χ1v) is 11.1. The zero-order valence-corrected chi connectivity index (χ0v) is 18.7. The van der Waals surface area contributed by atoms with Crippen molar-refractivity contribution in [2.75, 3.05) is 0 Å². The minimum Gasteiger partial charge on any atom is -0.478 e. The van der Waals surface area contributed by atoms with Gasteiger partial charge in [0.05, 0.1) is 12.0 Å². The maximum absolute atomic E-state index is 12.9. The number of benzene rings is 1. The number of carbonyl (C=O) groups is 3. The number of ketones is 1. The molecule has 2 heterocycles. The summed E-state index contributed by atoms with van der Waals surface area (Å²) in [7, 11) is 0. The van der Waals surface area contributed by atoms with Gasteiger partial charge in [-0.15, -0.1) is 0 Å². The molecule has 0 spiro atoms. The second-order valence-corrected chi connectivity index (χ2v) is 8.27. The van der Waals surface area contributed by atoms with Gasteiger partial charge in [0.25, 0.3) is 0 Å². The molecule has 1 aromatic carbocycles. The Bertz CT molecular complexity index is 1140. The number of fused-ring (bicyclic) bond motifs is 1. The number of carbonyl (C=O) groups excluding carboxylic acids is 1. The number of imidazole rings is 1. The Morgan fingerprint density at radius 2 is 1.79 bits per heavy atom. The average molecular weight is 452 g/mol. The van der Waals surface area contributed by atoms with Gasteiger partial charge >= 0.3 is 11.9 Å². The van der Waals surface area contributed by atoms with Gasteiger partial charge in [0, 0.05) is 53.5 Å². The Hall–Kier alpha value is -3.68. The molecule has 8 nitrogen and oxygen atoms in total. The summed E-state index contributed by atoms with van der Waals surface area (Å²) in [6, 6.07) is 8.30. The minimum absolute atomic E-state index is 0.212. The van der Waals surface area contributed by atoms with Crippen molar-refractivity contribution in [1.29, 1.82) is 0 Å². The maximum Gasteiger partial charge on any atom is 0.328 e. The number of para-hydroxylation sites is 1. The first-order chi connectivity index (χ1) is 15.8. The van der Waals surface area contributed by atoms with Crippen molar-refractivity contribution in [3.05, 3.63) is 65.9 Å². The zero-order chi connectivity index (χ0) is 23.8. The number of aromatic amines is 1. The van der Waals surface area contributed by atoms with E-state index >= 15 is 0 Å². The van der Waals surface area contributed by atoms with Crippen LogP contribution in [0.25, 0.3) is 10.9 Å². The highest BCUT2D eigenvalue weighted by Gasteiger charge is 2.20. The normalized spacial score (nSPS) is 13.8. The topological polar surface area (TPSA) is 125 Å². The maximum atomic E-state index is 12.9. The van der Waals surface area contributed by atoms with Gasteiger partial charge in [-0.25, -0.2) is 14.6 Å². The molecule has 4 rings (SSSR count). The number of aliphatic carboxylic acids is 2. The molecule has 8 heteroatoms. The van der Waals surface area contributed by atoms with E-state index in [4.69, 9.17) is 10.2 Å². The number of carboxylic acid groups (broad SMARTS) is 2. The second-order valence-electron chi connectivity index (χ2n) is 8.27. The summed E-state index contributed by atoms with van der Waals surface area (Å²) in [6.07, 6.45) is 11.4. The highest BCUT2D eigenvalue weighted by atomic mass is 16.4. The Labute approximate surface area is 192 Å². The summed E-state index contributed by atoms with van der Waals surface area (Å²) in [4.78, 5) is 39.4. The Balaban J connectivity index is 0.000000331. The minimum atomic E-state index is -1.26. The van der Waals surface area contributed by atoms with Gasteiger partial charge in [-0.2, -0.15) is 0 Å². The van der Waals surface area contributed by atoms with Crippen molar-refractivity contribution < 1.29 is 24.6 Å². The van der Waals surface area contributed by atoms with E-state index in [1.165, 1.54) is 31.2 Å². The van der Waals surface area contributed by atoms with Gasteiger partial charge in [0.2, 0.25) is 0 Å². The number of aromatic nitrogens is 3. The molecule has 0 bridgehead atoms. The molecular weight excluding hydrogens is 422 g/mol. The predicted octanol–water partition coefficient (Wildman–Crippen LogP) is 4.39. The fourth-order valence-corrected chi connectivity index (χ4v) is 4.24. The quantitative estimate of drug-likeness (QED) is 0.344. The number of aryl methyl sites for hydroxylation is 2. The lowest BCUT2D eigenvalue weighted by Gasteiger charge is -2.11. The second kappa shape index (κ2) is 11.3. The molecule has 0 aliphatic heterocycles. The number of H-pyrrole nitrogens is 1. The molecular formula is C25H29N3O5. The highest BCUT2D eigenvalue weighted by molar-refractivity contribution is 6.08. The zero-order valence-electron chi connectivity index (χ0n) is 18.7. The number of nitrogens with zero attached hydrogens (tertiary/aromatic N) is 2. The van der Waals surface area contributed by atoms with Gasteiger partial charge in [-0.05, 0) is 38.2 Å². The van der Waals surface area contributed by atoms with E-state index in [-0.39, 0.29) is 5.78 Å². The highest BCUT2D eigenvalue weighted by Crippen LogP contribution is 2.29. The van der Waals surface area contributed by atoms with E-state index in [1.54, 1.807) is 6.33 Å². The fourth-order valence-electron chi connectivity index (χ4n) is 4.24. The Kier molecular flexibility index (Phi) is 8.18. The van der Waals surface area contributed by atoms with E-state index < -0.39 is 11.9 Å². The molecule has 0 atom stereocenters. The lowest BCUT2D eigenvalue weighted by Crippen LogP contribution is -2.06.